The summed E-state index contributed by atoms with van der Waals surface area (Å²) in [4.78, 5) is 9.41. The number of aromatic nitrogens is 3. The number of benzene rings is 2. The van der Waals surface area contributed by atoms with E-state index >= 15 is 0 Å². The average molecular weight is 441 g/mol. The van der Waals surface area contributed by atoms with Crippen molar-refractivity contribution < 1.29 is 8.42 Å². The molecular weight excluding hydrogens is 420 g/mol. The minimum atomic E-state index is -3.95. The molecule has 10 heteroatoms. The van der Waals surface area contributed by atoms with Crippen LogP contribution in [-0.2, 0) is 17.1 Å². The first-order valence-corrected chi connectivity index (χ1v) is 11.4. The molecule has 0 aliphatic heterocycles. The molecule has 0 radical (unpaired) electrons. The summed E-state index contributed by atoms with van der Waals surface area (Å²) in [5.41, 5.74) is 3.04. The molecule has 4 rings (SSSR count). The Balaban J connectivity index is 1.71. The van der Waals surface area contributed by atoms with Crippen LogP contribution < -0.4 is 15.8 Å². The van der Waals surface area contributed by atoms with Crippen LogP contribution in [0.2, 0.25) is 0 Å². The van der Waals surface area contributed by atoms with Crippen molar-refractivity contribution >= 4 is 38.7 Å². The molecule has 2 heterocycles. The maximum absolute atomic E-state index is 12.3. The lowest BCUT2D eigenvalue weighted by Gasteiger charge is -2.10. The smallest absolute Gasteiger partial charge is 0.238 e. The first-order valence-electron chi connectivity index (χ1n) is 9.01. The van der Waals surface area contributed by atoms with E-state index in [1.807, 2.05) is 38.4 Å². The Kier molecular flexibility index (Phi) is 5.29. The van der Waals surface area contributed by atoms with Crippen molar-refractivity contribution in [1.29, 1.82) is 0 Å². The molecule has 154 valence electrons. The molecule has 0 amide bonds. The van der Waals surface area contributed by atoms with E-state index in [2.05, 4.69) is 20.6 Å². The molecule has 2 aromatic heterocycles. The largest absolute Gasteiger partial charge is 0.388 e. The van der Waals surface area contributed by atoms with E-state index in [9.17, 15) is 8.42 Å². The van der Waals surface area contributed by atoms with E-state index < -0.39 is 10.0 Å². The zero-order valence-corrected chi connectivity index (χ0v) is 18.0. The molecule has 30 heavy (non-hydrogen) atoms. The van der Waals surface area contributed by atoms with Gasteiger partial charge in [0.2, 0.25) is 16.0 Å². The van der Waals surface area contributed by atoms with Gasteiger partial charge < -0.3 is 15.2 Å². The SMILES string of the molecule is CNc1ccc(-c2ncc(-c3ccc(Nc4nccn4C)cc3S(N)(=O)=O)s2)cc1. The second-order valence-electron chi connectivity index (χ2n) is 6.60. The predicted octanol–water partition coefficient (Wildman–Crippen LogP) is 3.64. The van der Waals surface area contributed by atoms with Crippen molar-refractivity contribution in [3.8, 4) is 21.0 Å². The lowest BCUT2D eigenvalue weighted by atomic mass is 10.2. The first-order chi connectivity index (χ1) is 14.3. The van der Waals surface area contributed by atoms with Gasteiger partial charge in [-0.1, -0.05) is 6.07 Å². The molecule has 0 fully saturated rings. The lowest BCUT2D eigenvalue weighted by molar-refractivity contribution is 0.598. The molecule has 0 atom stereocenters. The van der Waals surface area contributed by atoms with E-state index in [-0.39, 0.29) is 4.90 Å². The van der Waals surface area contributed by atoms with Gasteiger partial charge in [-0.15, -0.1) is 11.3 Å². The van der Waals surface area contributed by atoms with Crippen molar-refractivity contribution in [2.75, 3.05) is 17.7 Å². The number of nitrogens with two attached hydrogens (primary N) is 1. The molecule has 0 aliphatic carbocycles. The van der Waals surface area contributed by atoms with Gasteiger partial charge in [0.25, 0.3) is 0 Å². The Morgan fingerprint density at radius 3 is 2.43 bits per heavy atom. The number of rotatable bonds is 6. The zero-order valence-electron chi connectivity index (χ0n) is 16.3. The highest BCUT2D eigenvalue weighted by atomic mass is 32.2. The first kappa shape index (κ1) is 20.1. The molecule has 0 aliphatic rings. The number of aryl methyl sites for hydroxylation is 1. The van der Waals surface area contributed by atoms with E-state index in [4.69, 9.17) is 5.14 Å². The molecule has 0 unspecified atom stereocenters. The summed E-state index contributed by atoms with van der Waals surface area (Å²) in [7, 11) is -0.256. The number of thiazole rings is 1. The van der Waals surface area contributed by atoms with Crippen LogP contribution in [0.3, 0.4) is 0 Å². The van der Waals surface area contributed by atoms with Gasteiger partial charge in [-0.3, -0.25) is 0 Å². The molecule has 2 aromatic carbocycles. The Morgan fingerprint density at radius 1 is 1.07 bits per heavy atom. The minimum absolute atomic E-state index is 0.0300. The zero-order chi connectivity index (χ0) is 21.3. The van der Waals surface area contributed by atoms with Crippen LogP contribution in [0, 0.1) is 0 Å². The van der Waals surface area contributed by atoms with E-state index in [1.54, 1.807) is 35.3 Å². The predicted molar refractivity (Wildman–Crippen MR) is 120 cm³/mol. The molecule has 4 aromatic rings. The Bertz CT molecular complexity index is 1290. The topological polar surface area (TPSA) is 115 Å². The molecule has 0 saturated heterocycles. The summed E-state index contributed by atoms with van der Waals surface area (Å²) in [6.07, 6.45) is 5.11. The number of hydrogen-bond acceptors (Lipinski definition) is 7. The molecule has 8 nitrogen and oxygen atoms in total. The highest BCUT2D eigenvalue weighted by molar-refractivity contribution is 7.89. The molecule has 0 spiro atoms. The standard InChI is InChI=1S/C20H20N6O2S2/c1-22-14-5-3-13(4-6-14)19-24-12-17(29-19)16-8-7-15(11-18(16)30(21,27)28)25-20-23-9-10-26(20)2/h3-12,22H,1-2H3,(H,23,25)(H2,21,27,28). The maximum Gasteiger partial charge on any atom is 0.238 e. The van der Waals surface area contributed by atoms with Crippen LogP contribution >= 0.6 is 11.3 Å². The molecule has 4 N–H and O–H groups in total. The quantitative estimate of drug-likeness (QED) is 0.422. The number of primary sulfonamides is 1. The maximum atomic E-state index is 12.3. The van der Waals surface area contributed by atoms with Crippen molar-refractivity contribution in [1.82, 2.24) is 14.5 Å². The number of nitrogens with one attached hydrogen (secondary N) is 2. The number of hydrogen-bond donors (Lipinski definition) is 3. The summed E-state index contributed by atoms with van der Waals surface area (Å²) in [5, 5.41) is 12.5. The fraction of sp³-hybridized carbons (Fsp3) is 0.100. The van der Waals surface area contributed by atoms with Gasteiger partial charge in [0.15, 0.2) is 0 Å². The van der Waals surface area contributed by atoms with Gasteiger partial charge in [-0.05, 0) is 36.4 Å². The summed E-state index contributed by atoms with van der Waals surface area (Å²) in [6, 6.07) is 12.9. The summed E-state index contributed by atoms with van der Waals surface area (Å²) in [5.74, 6) is 0.591. The summed E-state index contributed by atoms with van der Waals surface area (Å²) < 4.78 is 26.4. The summed E-state index contributed by atoms with van der Waals surface area (Å²) >= 11 is 1.41. The molecule has 0 saturated carbocycles. The van der Waals surface area contributed by atoms with E-state index in [1.165, 1.54) is 17.4 Å². The van der Waals surface area contributed by atoms with Gasteiger partial charge in [0.05, 0.1) is 9.77 Å². The highest BCUT2D eigenvalue weighted by Crippen LogP contribution is 2.36. The number of nitrogens with zero attached hydrogens (tertiary/aromatic N) is 3. The van der Waals surface area contributed by atoms with Crippen LogP contribution in [0.4, 0.5) is 17.3 Å². The van der Waals surface area contributed by atoms with Gasteiger partial charge in [0, 0.05) is 55.2 Å². The Hall–Kier alpha value is -3.21. The normalized spacial score (nSPS) is 11.4. The van der Waals surface area contributed by atoms with Crippen LogP contribution in [0.25, 0.3) is 21.0 Å². The number of imidazole rings is 1. The fourth-order valence-electron chi connectivity index (χ4n) is 2.97. The van der Waals surface area contributed by atoms with Crippen LogP contribution in [0.5, 0.6) is 0 Å². The highest BCUT2D eigenvalue weighted by Gasteiger charge is 2.19. The lowest BCUT2D eigenvalue weighted by Crippen LogP contribution is -2.13. The Morgan fingerprint density at radius 2 is 1.80 bits per heavy atom. The third-order valence-corrected chi connectivity index (χ3v) is 6.59. The second-order valence-corrected chi connectivity index (χ2v) is 9.16. The van der Waals surface area contributed by atoms with E-state index in [0.717, 1.165) is 21.1 Å². The number of sulfonamides is 1. The van der Waals surface area contributed by atoms with Crippen molar-refractivity contribution in [3.05, 3.63) is 61.1 Å². The molecular formula is C20H20N6O2S2. The Labute approximate surface area is 178 Å². The van der Waals surface area contributed by atoms with Gasteiger partial charge in [-0.2, -0.15) is 0 Å². The third kappa shape index (κ3) is 4.06. The van der Waals surface area contributed by atoms with Gasteiger partial charge in [0.1, 0.15) is 5.01 Å². The van der Waals surface area contributed by atoms with Crippen LogP contribution in [-0.4, -0.2) is 30.0 Å². The van der Waals surface area contributed by atoms with E-state index in [0.29, 0.717) is 17.2 Å². The van der Waals surface area contributed by atoms with Crippen molar-refractivity contribution in [2.45, 2.75) is 4.90 Å². The average Bonchev–Trinajstić information content (AvgIpc) is 3.37. The van der Waals surface area contributed by atoms with Gasteiger partial charge >= 0.3 is 0 Å². The fourth-order valence-corrected chi connectivity index (χ4v) is 4.77. The van der Waals surface area contributed by atoms with Crippen molar-refractivity contribution in [3.63, 3.8) is 0 Å². The molecule has 0 bridgehead atoms. The number of anilines is 3. The monoisotopic (exact) mass is 440 g/mol. The van der Waals surface area contributed by atoms with Crippen LogP contribution in [0.1, 0.15) is 0 Å². The van der Waals surface area contributed by atoms with Crippen molar-refractivity contribution in [2.24, 2.45) is 12.2 Å². The third-order valence-electron chi connectivity index (χ3n) is 4.56. The minimum Gasteiger partial charge on any atom is -0.388 e. The van der Waals surface area contributed by atoms with Crippen LogP contribution in [0.15, 0.2) is 66.0 Å². The second kappa shape index (κ2) is 7.90. The summed E-state index contributed by atoms with van der Waals surface area (Å²) in [6.45, 7) is 0. The van der Waals surface area contributed by atoms with Gasteiger partial charge in [-0.25, -0.2) is 23.5 Å².